The third kappa shape index (κ3) is 5.70. The van der Waals surface area contributed by atoms with Crippen LogP contribution in [0.4, 0.5) is 16.2 Å². The molecule has 3 N–H and O–H groups in total. The maximum Gasteiger partial charge on any atom is 0.321 e. The summed E-state index contributed by atoms with van der Waals surface area (Å²) in [6.07, 6.45) is 4.32. The fraction of sp³-hybridized carbons (Fsp3) is 0.550. The number of nitrogens with one attached hydrogen (secondary N) is 3. The molecule has 1 atom stereocenters. The number of nitrogens with zero attached hydrogens (tertiary/aromatic N) is 1. The van der Waals surface area contributed by atoms with Crippen molar-refractivity contribution in [3.05, 3.63) is 23.8 Å². The third-order valence-corrected chi connectivity index (χ3v) is 5.21. The van der Waals surface area contributed by atoms with E-state index in [9.17, 15) is 14.4 Å². The quantitative estimate of drug-likeness (QED) is 0.714. The number of hydrogen-bond acceptors (Lipinski definition) is 3. The zero-order chi connectivity index (χ0) is 20.0. The Hall–Kier alpha value is -2.57. The zero-order valence-corrected chi connectivity index (χ0v) is 16.6. The van der Waals surface area contributed by atoms with Gasteiger partial charge in [-0.3, -0.25) is 9.59 Å². The van der Waals surface area contributed by atoms with Gasteiger partial charge in [0.15, 0.2) is 0 Å². The summed E-state index contributed by atoms with van der Waals surface area (Å²) in [5.74, 6) is 0.0148. The summed E-state index contributed by atoms with van der Waals surface area (Å²) in [7, 11) is 3.23. The number of carbonyl (C=O) groups excluding carboxylic acids is 3. The van der Waals surface area contributed by atoms with E-state index in [1.54, 1.807) is 20.2 Å². The molecule has 1 aromatic carbocycles. The van der Waals surface area contributed by atoms with Crippen LogP contribution in [0.15, 0.2) is 18.2 Å². The van der Waals surface area contributed by atoms with Gasteiger partial charge >= 0.3 is 6.03 Å². The number of amides is 4. The second-order valence-corrected chi connectivity index (χ2v) is 7.27. The summed E-state index contributed by atoms with van der Waals surface area (Å²) in [6.45, 7) is 3.71. The Bertz CT molecular complexity index is 698. The molecular weight excluding hydrogens is 344 g/mol. The standard InChI is InChI=1S/C20H30N4O3/c1-13-9-10-16(22-19(26)15-7-5-6-8-15)12-17(13)23-20(27)24(4)14(2)11-18(25)21-3/h9-10,12,14-15H,5-8,11H2,1-4H3,(H,21,25)(H,22,26)(H,23,27)/t14-/m1/s1. The van der Waals surface area contributed by atoms with Crippen LogP contribution < -0.4 is 16.0 Å². The van der Waals surface area contributed by atoms with Crippen LogP contribution in [-0.2, 0) is 9.59 Å². The maximum atomic E-state index is 12.5. The molecule has 1 fully saturated rings. The SMILES string of the molecule is CNC(=O)C[C@@H](C)N(C)C(=O)Nc1cc(NC(=O)C2CCCC2)ccc1C. The highest BCUT2D eigenvalue weighted by Crippen LogP contribution is 2.27. The molecule has 0 radical (unpaired) electrons. The highest BCUT2D eigenvalue weighted by Gasteiger charge is 2.23. The number of hydrogen-bond donors (Lipinski definition) is 3. The monoisotopic (exact) mass is 374 g/mol. The van der Waals surface area contributed by atoms with Gasteiger partial charge in [0.2, 0.25) is 11.8 Å². The number of anilines is 2. The number of carbonyl (C=O) groups is 3. The first-order valence-corrected chi connectivity index (χ1v) is 9.47. The lowest BCUT2D eigenvalue weighted by Crippen LogP contribution is -2.40. The Morgan fingerprint density at radius 1 is 1.19 bits per heavy atom. The average Bonchev–Trinajstić information content (AvgIpc) is 3.18. The second kappa shape index (κ2) is 9.39. The second-order valence-electron chi connectivity index (χ2n) is 7.27. The Kier molecular flexibility index (Phi) is 7.21. The Morgan fingerprint density at radius 3 is 2.48 bits per heavy atom. The maximum absolute atomic E-state index is 12.5. The minimum Gasteiger partial charge on any atom is -0.359 e. The Morgan fingerprint density at radius 2 is 1.85 bits per heavy atom. The summed E-state index contributed by atoms with van der Waals surface area (Å²) >= 11 is 0. The van der Waals surface area contributed by atoms with Gasteiger partial charge in [0, 0.05) is 43.9 Å². The highest BCUT2D eigenvalue weighted by atomic mass is 16.2. The van der Waals surface area contributed by atoms with E-state index in [1.165, 1.54) is 4.90 Å². The zero-order valence-electron chi connectivity index (χ0n) is 16.6. The molecular formula is C20H30N4O3. The molecule has 0 bridgehead atoms. The smallest absolute Gasteiger partial charge is 0.321 e. The average molecular weight is 374 g/mol. The van der Waals surface area contributed by atoms with Crippen molar-refractivity contribution < 1.29 is 14.4 Å². The van der Waals surface area contributed by atoms with Crippen LogP contribution in [0.2, 0.25) is 0 Å². The molecule has 148 valence electrons. The topological polar surface area (TPSA) is 90.5 Å². The predicted octanol–water partition coefficient (Wildman–Crippen LogP) is 3.11. The van der Waals surface area contributed by atoms with Crippen molar-refractivity contribution >= 4 is 29.2 Å². The van der Waals surface area contributed by atoms with Crippen molar-refractivity contribution in [2.75, 3.05) is 24.7 Å². The van der Waals surface area contributed by atoms with Gasteiger partial charge in [-0.2, -0.15) is 0 Å². The molecule has 1 aromatic rings. The lowest BCUT2D eigenvalue weighted by atomic mass is 10.1. The molecule has 7 nitrogen and oxygen atoms in total. The summed E-state index contributed by atoms with van der Waals surface area (Å²) in [5, 5.41) is 8.38. The number of aryl methyl sites for hydroxylation is 1. The molecule has 1 saturated carbocycles. The fourth-order valence-corrected chi connectivity index (χ4v) is 3.18. The van der Waals surface area contributed by atoms with E-state index in [2.05, 4.69) is 16.0 Å². The van der Waals surface area contributed by atoms with Crippen LogP contribution in [0.5, 0.6) is 0 Å². The summed E-state index contributed by atoms with van der Waals surface area (Å²) in [4.78, 5) is 37.8. The van der Waals surface area contributed by atoms with Crippen LogP contribution in [0.1, 0.15) is 44.6 Å². The van der Waals surface area contributed by atoms with E-state index in [0.717, 1.165) is 31.2 Å². The van der Waals surface area contributed by atoms with Gasteiger partial charge in [-0.25, -0.2) is 4.79 Å². The first-order chi connectivity index (χ1) is 12.8. The first-order valence-electron chi connectivity index (χ1n) is 9.47. The summed E-state index contributed by atoms with van der Waals surface area (Å²) in [6, 6.07) is 4.95. The third-order valence-electron chi connectivity index (χ3n) is 5.21. The van der Waals surface area contributed by atoms with Crippen LogP contribution >= 0.6 is 0 Å². The first kappa shape index (κ1) is 20.7. The minimum atomic E-state index is -0.297. The van der Waals surface area contributed by atoms with E-state index in [-0.39, 0.29) is 36.2 Å². The lowest BCUT2D eigenvalue weighted by molar-refractivity contribution is -0.121. The van der Waals surface area contributed by atoms with Crippen LogP contribution in [0, 0.1) is 12.8 Å². The van der Waals surface area contributed by atoms with Crippen molar-refractivity contribution in [3.63, 3.8) is 0 Å². The lowest BCUT2D eigenvalue weighted by Gasteiger charge is -2.25. The molecule has 27 heavy (non-hydrogen) atoms. The molecule has 2 rings (SSSR count). The van der Waals surface area contributed by atoms with E-state index in [1.807, 2.05) is 26.0 Å². The van der Waals surface area contributed by atoms with Gasteiger partial charge in [0.25, 0.3) is 0 Å². The largest absolute Gasteiger partial charge is 0.359 e. The van der Waals surface area contributed by atoms with Gasteiger partial charge in [-0.15, -0.1) is 0 Å². The van der Waals surface area contributed by atoms with E-state index >= 15 is 0 Å². The number of rotatable bonds is 6. The molecule has 0 spiro atoms. The van der Waals surface area contributed by atoms with Crippen LogP contribution in [0.25, 0.3) is 0 Å². The van der Waals surface area contributed by atoms with Crippen molar-refractivity contribution in [3.8, 4) is 0 Å². The van der Waals surface area contributed by atoms with E-state index in [0.29, 0.717) is 11.4 Å². The number of benzene rings is 1. The van der Waals surface area contributed by atoms with Gasteiger partial charge in [-0.05, 0) is 44.4 Å². The molecule has 1 aliphatic carbocycles. The Balaban J connectivity index is 2.01. The van der Waals surface area contributed by atoms with Crippen molar-refractivity contribution in [2.45, 2.75) is 52.0 Å². The van der Waals surface area contributed by atoms with Gasteiger partial charge in [0.05, 0.1) is 0 Å². The molecule has 0 aliphatic heterocycles. The summed E-state index contributed by atoms with van der Waals surface area (Å²) in [5.41, 5.74) is 2.21. The molecule has 0 saturated heterocycles. The highest BCUT2D eigenvalue weighted by molar-refractivity contribution is 5.95. The molecule has 0 heterocycles. The van der Waals surface area contributed by atoms with Gasteiger partial charge < -0.3 is 20.9 Å². The normalized spacial score (nSPS) is 15.1. The van der Waals surface area contributed by atoms with E-state index in [4.69, 9.17) is 0 Å². The summed E-state index contributed by atoms with van der Waals surface area (Å²) < 4.78 is 0. The number of urea groups is 1. The fourth-order valence-electron chi connectivity index (χ4n) is 3.18. The van der Waals surface area contributed by atoms with Crippen LogP contribution in [0.3, 0.4) is 0 Å². The Labute approximate surface area is 160 Å². The predicted molar refractivity (Wildman–Crippen MR) is 107 cm³/mol. The van der Waals surface area contributed by atoms with E-state index < -0.39 is 0 Å². The molecule has 1 aliphatic rings. The van der Waals surface area contributed by atoms with Gasteiger partial charge in [-0.1, -0.05) is 18.9 Å². The van der Waals surface area contributed by atoms with Crippen molar-refractivity contribution in [2.24, 2.45) is 5.92 Å². The van der Waals surface area contributed by atoms with Gasteiger partial charge in [0.1, 0.15) is 0 Å². The molecule has 0 unspecified atom stereocenters. The van der Waals surface area contributed by atoms with Crippen molar-refractivity contribution in [1.82, 2.24) is 10.2 Å². The minimum absolute atomic E-state index is 0.0462. The molecule has 0 aromatic heterocycles. The van der Waals surface area contributed by atoms with Crippen molar-refractivity contribution in [1.29, 1.82) is 0 Å². The molecule has 4 amide bonds. The molecule has 7 heteroatoms. The van der Waals surface area contributed by atoms with Crippen LogP contribution in [-0.4, -0.2) is 42.9 Å².